The van der Waals surface area contributed by atoms with Crippen LogP contribution in [0.3, 0.4) is 0 Å². The first kappa shape index (κ1) is 19.4. The van der Waals surface area contributed by atoms with Crippen molar-refractivity contribution in [2.45, 2.75) is 32.9 Å². The first-order valence-corrected chi connectivity index (χ1v) is 6.62. The van der Waals surface area contributed by atoms with Crippen LogP contribution < -0.4 is 16.4 Å². The van der Waals surface area contributed by atoms with Crippen LogP contribution in [0, 0.1) is 5.92 Å². The summed E-state index contributed by atoms with van der Waals surface area (Å²) in [5.41, 5.74) is 6.59. The van der Waals surface area contributed by atoms with Crippen molar-refractivity contribution in [2.75, 3.05) is 6.54 Å². The van der Waals surface area contributed by atoms with E-state index < -0.39 is 6.04 Å². The fourth-order valence-electron chi connectivity index (χ4n) is 1.63. The third-order valence-corrected chi connectivity index (χ3v) is 3.05. The van der Waals surface area contributed by atoms with E-state index in [1.165, 1.54) is 0 Å². The Labute approximate surface area is 131 Å². The number of nitrogens with one attached hydrogen (secondary N) is 2. The Morgan fingerprint density at radius 1 is 1.38 bits per heavy atom. The lowest BCUT2D eigenvalue weighted by atomic mass is 10.1. The Kier molecular flexibility index (Phi) is 7.98. The van der Waals surface area contributed by atoms with Gasteiger partial charge >= 0.3 is 0 Å². The molecule has 21 heavy (non-hydrogen) atoms. The highest BCUT2D eigenvalue weighted by Crippen LogP contribution is 2.09. The molecule has 0 aliphatic carbocycles. The van der Waals surface area contributed by atoms with Crippen molar-refractivity contribution in [2.24, 2.45) is 18.7 Å². The number of rotatable bonds is 6. The maximum Gasteiger partial charge on any atom is 0.239 e. The summed E-state index contributed by atoms with van der Waals surface area (Å²) in [5, 5.41) is 9.35. The van der Waals surface area contributed by atoms with Gasteiger partial charge in [0.2, 0.25) is 11.8 Å². The van der Waals surface area contributed by atoms with Crippen LogP contribution in [0.1, 0.15) is 32.4 Å². The first-order chi connectivity index (χ1) is 9.31. The van der Waals surface area contributed by atoms with Crippen LogP contribution in [0.15, 0.2) is 12.4 Å². The van der Waals surface area contributed by atoms with Crippen LogP contribution in [0.4, 0.5) is 0 Å². The van der Waals surface area contributed by atoms with Gasteiger partial charge in [-0.05, 0) is 12.8 Å². The number of nitrogens with two attached hydrogens (primary N) is 1. The largest absolute Gasteiger partial charge is 0.348 e. The quantitative estimate of drug-likeness (QED) is 0.693. The minimum Gasteiger partial charge on any atom is -0.348 e. The molecule has 4 N–H and O–H groups in total. The highest BCUT2D eigenvalue weighted by atomic mass is 35.5. The van der Waals surface area contributed by atoms with Gasteiger partial charge in [0, 0.05) is 18.8 Å². The van der Waals surface area contributed by atoms with Crippen LogP contribution in [0.25, 0.3) is 0 Å². The van der Waals surface area contributed by atoms with Crippen molar-refractivity contribution in [1.29, 1.82) is 0 Å². The average molecular weight is 318 g/mol. The Bertz CT molecular complexity index is 475. The zero-order valence-electron chi connectivity index (χ0n) is 12.8. The van der Waals surface area contributed by atoms with Gasteiger partial charge in [0.15, 0.2) is 0 Å². The van der Waals surface area contributed by atoms with Gasteiger partial charge in [0.05, 0.1) is 24.8 Å². The van der Waals surface area contributed by atoms with E-state index in [4.69, 9.17) is 5.73 Å². The zero-order valence-corrected chi connectivity index (χ0v) is 13.6. The topological polar surface area (TPSA) is 102 Å². The molecule has 0 aliphatic heterocycles. The molecule has 0 aromatic carbocycles. The lowest BCUT2D eigenvalue weighted by Gasteiger charge is -2.16. The lowest BCUT2D eigenvalue weighted by Crippen LogP contribution is -2.47. The first-order valence-electron chi connectivity index (χ1n) is 6.62. The number of amides is 2. The van der Waals surface area contributed by atoms with Gasteiger partial charge in [0.1, 0.15) is 0 Å². The van der Waals surface area contributed by atoms with E-state index in [9.17, 15) is 9.59 Å². The fourth-order valence-corrected chi connectivity index (χ4v) is 1.63. The molecule has 1 heterocycles. The van der Waals surface area contributed by atoms with Gasteiger partial charge in [-0.15, -0.1) is 12.4 Å². The number of carbonyl (C=O) groups is 2. The van der Waals surface area contributed by atoms with Crippen molar-refractivity contribution in [3.05, 3.63) is 18.0 Å². The second kappa shape index (κ2) is 8.63. The van der Waals surface area contributed by atoms with Crippen LogP contribution in [0.5, 0.6) is 0 Å². The van der Waals surface area contributed by atoms with Gasteiger partial charge in [-0.3, -0.25) is 14.3 Å². The Hall–Kier alpha value is -1.60. The van der Waals surface area contributed by atoms with E-state index in [0.717, 1.165) is 5.56 Å². The molecule has 2 atom stereocenters. The molecule has 8 heteroatoms. The SMILES string of the molecule is CC(NC(=O)CNC(=O)[C@@H](N)C(C)C)c1cnn(C)c1.Cl. The summed E-state index contributed by atoms with van der Waals surface area (Å²) >= 11 is 0. The number of aryl methyl sites for hydroxylation is 1. The predicted octanol–water partition coefficient (Wildman–Crippen LogP) is 0.119. The van der Waals surface area contributed by atoms with Crippen LogP contribution >= 0.6 is 12.4 Å². The van der Waals surface area contributed by atoms with Crippen molar-refractivity contribution in [3.8, 4) is 0 Å². The number of hydrogen-bond donors (Lipinski definition) is 3. The number of aromatic nitrogens is 2. The zero-order chi connectivity index (χ0) is 15.3. The Morgan fingerprint density at radius 2 is 2.00 bits per heavy atom. The Balaban J connectivity index is 0.00000400. The molecule has 0 bridgehead atoms. The summed E-state index contributed by atoms with van der Waals surface area (Å²) in [6.45, 7) is 5.49. The molecule has 1 rings (SSSR count). The lowest BCUT2D eigenvalue weighted by molar-refractivity contribution is -0.127. The van der Waals surface area contributed by atoms with Crippen LogP contribution in [-0.2, 0) is 16.6 Å². The van der Waals surface area contributed by atoms with Crippen LogP contribution in [0.2, 0.25) is 0 Å². The van der Waals surface area contributed by atoms with E-state index in [-0.39, 0.29) is 42.7 Å². The maximum atomic E-state index is 11.7. The molecular weight excluding hydrogens is 294 g/mol. The van der Waals surface area contributed by atoms with E-state index >= 15 is 0 Å². The van der Waals surface area contributed by atoms with Gasteiger partial charge < -0.3 is 16.4 Å². The molecule has 0 saturated heterocycles. The third kappa shape index (κ3) is 6.14. The molecule has 1 unspecified atom stereocenters. The van der Waals surface area contributed by atoms with Crippen molar-refractivity contribution < 1.29 is 9.59 Å². The van der Waals surface area contributed by atoms with E-state index in [2.05, 4.69) is 15.7 Å². The summed E-state index contributed by atoms with van der Waals surface area (Å²) in [4.78, 5) is 23.4. The maximum absolute atomic E-state index is 11.7. The number of hydrogen-bond acceptors (Lipinski definition) is 4. The molecule has 1 aromatic heterocycles. The molecular formula is C13H24ClN5O2. The monoisotopic (exact) mass is 317 g/mol. The molecule has 2 amide bonds. The molecule has 120 valence electrons. The summed E-state index contributed by atoms with van der Waals surface area (Å²) in [6.07, 6.45) is 3.52. The molecule has 0 aliphatic rings. The highest BCUT2D eigenvalue weighted by molar-refractivity contribution is 5.87. The van der Waals surface area contributed by atoms with Gasteiger partial charge in [-0.1, -0.05) is 13.8 Å². The summed E-state index contributed by atoms with van der Waals surface area (Å²) in [7, 11) is 1.81. The second-order valence-electron chi connectivity index (χ2n) is 5.22. The van der Waals surface area contributed by atoms with Crippen molar-refractivity contribution >= 4 is 24.2 Å². The normalized spacial score (nSPS) is 13.2. The molecule has 0 saturated carbocycles. The molecule has 0 fully saturated rings. The summed E-state index contributed by atoms with van der Waals surface area (Å²) in [6, 6.07) is -0.759. The second-order valence-corrected chi connectivity index (χ2v) is 5.22. The minimum atomic E-state index is -0.599. The fraction of sp³-hybridized carbons (Fsp3) is 0.615. The number of halogens is 1. The molecule has 1 aromatic rings. The van der Waals surface area contributed by atoms with E-state index in [1.807, 2.05) is 34.0 Å². The van der Waals surface area contributed by atoms with Gasteiger partial charge in [-0.25, -0.2) is 0 Å². The summed E-state index contributed by atoms with van der Waals surface area (Å²) < 4.78 is 1.67. The smallest absolute Gasteiger partial charge is 0.239 e. The van der Waals surface area contributed by atoms with E-state index in [0.29, 0.717) is 0 Å². The minimum absolute atomic E-state index is 0. The Morgan fingerprint density at radius 3 is 2.48 bits per heavy atom. The average Bonchev–Trinajstić information content (AvgIpc) is 2.81. The molecule has 0 spiro atoms. The van der Waals surface area contributed by atoms with Gasteiger partial charge in [-0.2, -0.15) is 5.10 Å². The highest BCUT2D eigenvalue weighted by Gasteiger charge is 2.18. The summed E-state index contributed by atoms with van der Waals surface area (Å²) in [5.74, 6) is -0.540. The number of carbonyl (C=O) groups excluding carboxylic acids is 2. The van der Waals surface area contributed by atoms with Crippen molar-refractivity contribution in [1.82, 2.24) is 20.4 Å². The predicted molar refractivity (Wildman–Crippen MR) is 82.8 cm³/mol. The van der Waals surface area contributed by atoms with E-state index in [1.54, 1.807) is 10.9 Å². The molecule has 7 nitrogen and oxygen atoms in total. The molecule has 0 radical (unpaired) electrons. The number of nitrogens with zero attached hydrogens (tertiary/aromatic N) is 2. The van der Waals surface area contributed by atoms with Crippen molar-refractivity contribution in [3.63, 3.8) is 0 Å². The third-order valence-electron chi connectivity index (χ3n) is 3.05. The van der Waals surface area contributed by atoms with Gasteiger partial charge in [0.25, 0.3) is 0 Å². The standard InChI is InChI=1S/C13H23N5O2.ClH/c1-8(2)12(14)13(20)15-6-11(19)17-9(3)10-5-16-18(4)7-10;/h5,7-9,12H,6,14H2,1-4H3,(H,15,20)(H,17,19);1H/t9?,12-;/m0./s1. The van der Waals surface area contributed by atoms with Crippen LogP contribution in [-0.4, -0.2) is 34.2 Å².